The normalized spacial score (nSPS) is 39.3. The molecule has 2 saturated heterocycles. The molecule has 4 nitrogen and oxygen atoms in total. The highest BCUT2D eigenvalue weighted by atomic mass is 16.5. The van der Waals surface area contributed by atoms with Crippen LogP contribution in [0.5, 0.6) is 0 Å². The van der Waals surface area contributed by atoms with Crippen LogP contribution in [0.3, 0.4) is 0 Å². The van der Waals surface area contributed by atoms with E-state index < -0.39 is 0 Å². The summed E-state index contributed by atoms with van der Waals surface area (Å²) in [6.45, 7) is 8.46. The molecule has 2 heterocycles. The van der Waals surface area contributed by atoms with Crippen LogP contribution in [0.15, 0.2) is 0 Å². The second-order valence-corrected chi connectivity index (χ2v) is 6.23. The van der Waals surface area contributed by atoms with E-state index in [2.05, 4.69) is 16.7 Å². The van der Waals surface area contributed by atoms with Crippen LogP contribution in [-0.4, -0.2) is 66.8 Å². The van der Waals surface area contributed by atoms with E-state index in [0.29, 0.717) is 6.10 Å². The maximum atomic E-state index is 6.16. The molecule has 0 aromatic carbocycles. The lowest BCUT2D eigenvalue weighted by atomic mass is 9.94. The van der Waals surface area contributed by atoms with Crippen molar-refractivity contribution in [3.05, 3.63) is 0 Å². The summed E-state index contributed by atoms with van der Waals surface area (Å²) in [7, 11) is 0. The molecule has 3 rings (SSSR count). The van der Waals surface area contributed by atoms with Gasteiger partial charge in [0.05, 0.1) is 12.7 Å². The Hall–Kier alpha value is -0.160. The van der Waals surface area contributed by atoms with Gasteiger partial charge in [0.2, 0.25) is 0 Å². The molecule has 104 valence electrons. The molecule has 2 aliphatic heterocycles. The first-order chi connectivity index (χ1) is 8.77. The van der Waals surface area contributed by atoms with Gasteiger partial charge < -0.3 is 10.5 Å². The predicted octanol–water partition coefficient (Wildman–Crippen LogP) is 0.663. The number of ether oxygens (including phenoxy) is 1. The van der Waals surface area contributed by atoms with Crippen LogP contribution in [0, 0.1) is 0 Å². The van der Waals surface area contributed by atoms with Gasteiger partial charge in [-0.3, -0.25) is 9.80 Å². The fourth-order valence-corrected chi connectivity index (χ4v) is 3.59. The maximum Gasteiger partial charge on any atom is 0.0700 e. The highest BCUT2D eigenvalue weighted by molar-refractivity contribution is 5.04. The molecule has 4 heteroatoms. The van der Waals surface area contributed by atoms with Crippen molar-refractivity contribution in [2.24, 2.45) is 5.73 Å². The Labute approximate surface area is 110 Å². The first-order valence-electron chi connectivity index (χ1n) is 7.58. The highest BCUT2D eigenvalue weighted by Crippen LogP contribution is 2.36. The predicted molar refractivity (Wildman–Crippen MR) is 72.6 cm³/mol. The van der Waals surface area contributed by atoms with Gasteiger partial charge in [-0.2, -0.15) is 0 Å². The van der Waals surface area contributed by atoms with Crippen molar-refractivity contribution in [3.8, 4) is 0 Å². The van der Waals surface area contributed by atoms with Crippen LogP contribution < -0.4 is 5.73 Å². The number of hydrogen-bond acceptors (Lipinski definition) is 4. The third-order valence-electron chi connectivity index (χ3n) is 5.07. The summed E-state index contributed by atoms with van der Waals surface area (Å²) in [4.78, 5) is 5.30. The first-order valence-corrected chi connectivity index (χ1v) is 7.58. The molecule has 2 atom stereocenters. The van der Waals surface area contributed by atoms with E-state index in [1.807, 2.05) is 0 Å². The third kappa shape index (κ3) is 2.31. The molecule has 2 N–H and O–H groups in total. The zero-order valence-corrected chi connectivity index (χ0v) is 11.6. The maximum absolute atomic E-state index is 6.16. The lowest BCUT2D eigenvalue weighted by Crippen LogP contribution is -2.60. The topological polar surface area (TPSA) is 41.7 Å². The van der Waals surface area contributed by atoms with Crippen LogP contribution in [0.25, 0.3) is 0 Å². The Kier molecular flexibility index (Phi) is 3.63. The number of nitrogens with zero attached hydrogens (tertiary/aromatic N) is 2. The second kappa shape index (κ2) is 5.08. The molecule has 3 fully saturated rings. The summed E-state index contributed by atoms with van der Waals surface area (Å²) >= 11 is 0. The van der Waals surface area contributed by atoms with E-state index in [-0.39, 0.29) is 5.54 Å². The van der Waals surface area contributed by atoms with Crippen molar-refractivity contribution < 1.29 is 4.74 Å². The summed E-state index contributed by atoms with van der Waals surface area (Å²) in [6, 6.07) is 0.876. The Morgan fingerprint density at radius 2 is 2.17 bits per heavy atom. The van der Waals surface area contributed by atoms with Crippen molar-refractivity contribution >= 4 is 0 Å². The number of morpholine rings is 1. The van der Waals surface area contributed by atoms with Crippen LogP contribution in [0.2, 0.25) is 0 Å². The van der Waals surface area contributed by atoms with Crippen LogP contribution in [-0.2, 0) is 4.74 Å². The fraction of sp³-hybridized carbons (Fsp3) is 1.00. The van der Waals surface area contributed by atoms with Crippen LogP contribution >= 0.6 is 0 Å². The largest absolute Gasteiger partial charge is 0.376 e. The Bertz CT molecular complexity index is 295. The van der Waals surface area contributed by atoms with E-state index in [4.69, 9.17) is 10.5 Å². The van der Waals surface area contributed by atoms with E-state index in [0.717, 1.165) is 38.7 Å². The van der Waals surface area contributed by atoms with Gasteiger partial charge >= 0.3 is 0 Å². The average Bonchev–Trinajstić information content (AvgIpc) is 3.19. The first kappa shape index (κ1) is 12.9. The minimum absolute atomic E-state index is 0.236. The third-order valence-corrected chi connectivity index (χ3v) is 5.07. The van der Waals surface area contributed by atoms with Crippen molar-refractivity contribution in [1.82, 2.24) is 9.80 Å². The molecule has 2 unspecified atom stereocenters. The van der Waals surface area contributed by atoms with Crippen molar-refractivity contribution in [2.45, 2.75) is 50.3 Å². The summed E-state index contributed by atoms with van der Waals surface area (Å²) in [5.74, 6) is 0. The number of hydrogen-bond donors (Lipinski definition) is 1. The minimum Gasteiger partial charge on any atom is -0.376 e. The Balaban J connectivity index is 1.67. The van der Waals surface area contributed by atoms with Crippen molar-refractivity contribution in [1.29, 1.82) is 0 Å². The zero-order valence-electron chi connectivity index (χ0n) is 11.6. The molecule has 0 aromatic heterocycles. The summed E-state index contributed by atoms with van der Waals surface area (Å²) in [6.07, 6.45) is 5.58. The van der Waals surface area contributed by atoms with Crippen LogP contribution in [0.1, 0.15) is 32.6 Å². The summed E-state index contributed by atoms with van der Waals surface area (Å²) in [5.41, 5.74) is 6.40. The standard InChI is InChI=1S/C14H27N3O/c1-2-13-9-17(7-8-18-13)14(10-15)5-6-16(11-14)12-3-4-12/h12-13H,2-11,15H2,1H3. The average molecular weight is 253 g/mol. The molecule has 1 aliphatic carbocycles. The number of likely N-dealkylation sites (tertiary alicyclic amines) is 1. The smallest absolute Gasteiger partial charge is 0.0700 e. The molecule has 0 bridgehead atoms. The van der Waals surface area contributed by atoms with Gasteiger partial charge in [-0.25, -0.2) is 0 Å². The quantitative estimate of drug-likeness (QED) is 0.799. The Morgan fingerprint density at radius 1 is 1.33 bits per heavy atom. The monoisotopic (exact) mass is 253 g/mol. The van der Waals surface area contributed by atoms with E-state index in [9.17, 15) is 0 Å². The zero-order chi connectivity index (χ0) is 12.6. The lowest BCUT2D eigenvalue weighted by Gasteiger charge is -2.45. The molecule has 0 amide bonds. The molecule has 0 spiro atoms. The molecule has 0 aromatic rings. The highest BCUT2D eigenvalue weighted by Gasteiger charge is 2.46. The Morgan fingerprint density at radius 3 is 2.83 bits per heavy atom. The van der Waals surface area contributed by atoms with Gasteiger partial charge in [-0.15, -0.1) is 0 Å². The van der Waals surface area contributed by atoms with Crippen LogP contribution in [0.4, 0.5) is 0 Å². The number of nitrogens with two attached hydrogens (primary N) is 1. The van der Waals surface area contributed by atoms with Gasteiger partial charge in [0.1, 0.15) is 0 Å². The van der Waals surface area contributed by atoms with E-state index >= 15 is 0 Å². The number of rotatable bonds is 4. The van der Waals surface area contributed by atoms with Gasteiger partial charge in [0, 0.05) is 44.3 Å². The van der Waals surface area contributed by atoms with Gasteiger partial charge in [0.15, 0.2) is 0 Å². The molecule has 1 saturated carbocycles. The second-order valence-electron chi connectivity index (χ2n) is 6.23. The lowest BCUT2D eigenvalue weighted by molar-refractivity contribution is -0.0667. The molecule has 18 heavy (non-hydrogen) atoms. The van der Waals surface area contributed by atoms with Crippen molar-refractivity contribution in [3.63, 3.8) is 0 Å². The van der Waals surface area contributed by atoms with Gasteiger partial charge in [0.25, 0.3) is 0 Å². The molecular formula is C14H27N3O. The minimum atomic E-state index is 0.236. The van der Waals surface area contributed by atoms with E-state index in [1.54, 1.807) is 0 Å². The van der Waals surface area contributed by atoms with Gasteiger partial charge in [-0.05, 0) is 25.7 Å². The SMILES string of the molecule is CCC1CN(C2(CN)CCN(C3CC3)C2)CCO1. The fourth-order valence-electron chi connectivity index (χ4n) is 3.59. The van der Waals surface area contributed by atoms with E-state index in [1.165, 1.54) is 32.4 Å². The molecule has 0 radical (unpaired) electrons. The molecule has 3 aliphatic rings. The summed E-state index contributed by atoms with van der Waals surface area (Å²) < 4.78 is 5.80. The molecular weight excluding hydrogens is 226 g/mol. The summed E-state index contributed by atoms with van der Waals surface area (Å²) in [5, 5.41) is 0. The van der Waals surface area contributed by atoms with Crippen molar-refractivity contribution in [2.75, 3.05) is 39.3 Å². The van der Waals surface area contributed by atoms with Gasteiger partial charge in [-0.1, -0.05) is 6.92 Å².